The maximum atomic E-state index is 12.0. The van der Waals surface area contributed by atoms with E-state index in [4.69, 9.17) is 0 Å². The van der Waals surface area contributed by atoms with Crippen LogP contribution in [0.4, 0.5) is 8.78 Å². The lowest BCUT2D eigenvalue weighted by Gasteiger charge is -2.06. The number of hydrogen-bond acceptors (Lipinski definition) is 4. The van der Waals surface area contributed by atoms with Crippen molar-refractivity contribution in [2.75, 3.05) is 0 Å². The molecular formula is C12H14F2N4O. The molecule has 0 aliphatic heterocycles. The molecule has 2 rings (SSSR count). The number of aromatic nitrogens is 3. The Morgan fingerprint density at radius 3 is 2.58 bits per heavy atom. The Morgan fingerprint density at radius 2 is 2.00 bits per heavy atom. The largest absolute Gasteiger partial charge is 0.435 e. The molecule has 0 aliphatic carbocycles. The zero-order chi connectivity index (χ0) is 13.7. The number of nitrogens with zero attached hydrogens (tertiary/aromatic N) is 3. The van der Waals surface area contributed by atoms with E-state index in [0.717, 1.165) is 11.3 Å². The van der Waals surface area contributed by atoms with Crippen LogP contribution in [0.5, 0.6) is 5.75 Å². The van der Waals surface area contributed by atoms with Crippen LogP contribution in [-0.2, 0) is 20.1 Å². The number of ether oxygens (including phenoxy) is 1. The number of alkyl halides is 2. The van der Waals surface area contributed by atoms with Crippen LogP contribution >= 0.6 is 0 Å². The van der Waals surface area contributed by atoms with Crippen LogP contribution < -0.4 is 10.1 Å². The summed E-state index contributed by atoms with van der Waals surface area (Å²) in [4.78, 5) is 0. The van der Waals surface area contributed by atoms with Crippen molar-refractivity contribution in [2.45, 2.75) is 19.7 Å². The minimum absolute atomic E-state index is 0.160. The number of benzene rings is 1. The molecule has 0 fully saturated rings. The van der Waals surface area contributed by atoms with Crippen molar-refractivity contribution < 1.29 is 13.5 Å². The van der Waals surface area contributed by atoms with Crippen molar-refractivity contribution in [3.8, 4) is 5.75 Å². The van der Waals surface area contributed by atoms with Gasteiger partial charge in [0.1, 0.15) is 5.75 Å². The molecular weight excluding hydrogens is 254 g/mol. The average Bonchev–Trinajstić information content (AvgIpc) is 2.77. The molecule has 1 heterocycles. The first-order chi connectivity index (χ1) is 9.13. The summed E-state index contributed by atoms with van der Waals surface area (Å²) in [6, 6.07) is 6.51. The summed E-state index contributed by atoms with van der Waals surface area (Å²) in [5.41, 5.74) is 1.82. The van der Waals surface area contributed by atoms with Gasteiger partial charge in [0.15, 0.2) is 0 Å². The van der Waals surface area contributed by atoms with Crippen molar-refractivity contribution in [1.29, 1.82) is 0 Å². The molecule has 7 heteroatoms. The number of rotatable bonds is 6. The Bertz CT molecular complexity index is 513. The molecule has 0 radical (unpaired) electrons. The van der Waals surface area contributed by atoms with Crippen molar-refractivity contribution in [2.24, 2.45) is 7.05 Å². The molecule has 0 spiro atoms. The lowest BCUT2D eigenvalue weighted by molar-refractivity contribution is -0.0498. The highest BCUT2D eigenvalue weighted by Crippen LogP contribution is 2.14. The molecule has 1 N–H and O–H groups in total. The quantitative estimate of drug-likeness (QED) is 0.866. The van der Waals surface area contributed by atoms with Crippen LogP contribution in [0.25, 0.3) is 0 Å². The van der Waals surface area contributed by atoms with Gasteiger partial charge in [-0.25, -0.2) is 0 Å². The highest BCUT2D eigenvalue weighted by molar-refractivity contribution is 5.27. The summed E-state index contributed by atoms with van der Waals surface area (Å²) in [5.74, 6) is 0.160. The summed E-state index contributed by atoms with van der Waals surface area (Å²) >= 11 is 0. The van der Waals surface area contributed by atoms with Gasteiger partial charge in [-0.05, 0) is 17.7 Å². The maximum Gasteiger partial charge on any atom is 0.387 e. The molecule has 102 valence electrons. The van der Waals surface area contributed by atoms with E-state index in [1.165, 1.54) is 12.1 Å². The summed E-state index contributed by atoms with van der Waals surface area (Å²) < 4.78 is 29.8. The number of halogens is 2. The third kappa shape index (κ3) is 4.29. The van der Waals surface area contributed by atoms with E-state index < -0.39 is 6.61 Å². The molecule has 0 unspecified atom stereocenters. The zero-order valence-corrected chi connectivity index (χ0v) is 10.4. The molecule has 2 aromatic rings. The Hall–Kier alpha value is -2.02. The van der Waals surface area contributed by atoms with E-state index in [-0.39, 0.29) is 5.75 Å². The lowest BCUT2D eigenvalue weighted by Crippen LogP contribution is -2.13. The van der Waals surface area contributed by atoms with Gasteiger partial charge >= 0.3 is 6.61 Å². The van der Waals surface area contributed by atoms with E-state index in [1.807, 2.05) is 6.20 Å². The zero-order valence-electron chi connectivity index (χ0n) is 10.4. The molecule has 0 saturated heterocycles. The van der Waals surface area contributed by atoms with Crippen molar-refractivity contribution >= 4 is 0 Å². The van der Waals surface area contributed by atoms with Gasteiger partial charge in [0.25, 0.3) is 0 Å². The fraction of sp³-hybridized carbons (Fsp3) is 0.333. The van der Waals surface area contributed by atoms with Gasteiger partial charge in [-0.15, -0.1) is 5.10 Å². The Kier molecular flexibility index (Phi) is 4.40. The van der Waals surface area contributed by atoms with Gasteiger partial charge in [0.2, 0.25) is 0 Å². The molecule has 0 saturated carbocycles. The average molecular weight is 268 g/mol. The van der Waals surface area contributed by atoms with Gasteiger partial charge in [-0.3, -0.25) is 4.68 Å². The molecule has 0 amide bonds. The van der Waals surface area contributed by atoms with E-state index in [2.05, 4.69) is 20.4 Å². The van der Waals surface area contributed by atoms with Gasteiger partial charge in [0.05, 0.1) is 5.69 Å². The molecule has 5 nitrogen and oxygen atoms in total. The highest BCUT2D eigenvalue weighted by Gasteiger charge is 2.03. The Balaban J connectivity index is 1.79. The molecule has 0 aliphatic rings. The maximum absolute atomic E-state index is 12.0. The van der Waals surface area contributed by atoms with E-state index >= 15 is 0 Å². The number of hydrogen-bond donors (Lipinski definition) is 1. The Labute approximate surface area is 109 Å². The van der Waals surface area contributed by atoms with Crippen LogP contribution in [0.15, 0.2) is 30.5 Å². The number of nitrogens with one attached hydrogen (secondary N) is 1. The van der Waals surface area contributed by atoms with Crippen LogP contribution in [-0.4, -0.2) is 21.6 Å². The molecule has 1 aromatic carbocycles. The number of aryl methyl sites for hydroxylation is 1. The fourth-order valence-corrected chi connectivity index (χ4v) is 1.60. The standard InChI is InChI=1S/C12H14F2N4O/c1-18-8-10(16-17-18)7-15-6-9-2-4-11(5-3-9)19-12(13)14/h2-5,8,12,15H,6-7H2,1H3. The van der Waals surface area contributed by atoms with Crippen LogP contribution in [0.3, 0.4) is 0 Å². The first-order valence-corrected chi connectivity index (χ1v) is 5.73. The predicted molar refractivity (Wildman–Crippen MR) is 64.6 cm³/mol. The summed E-state index contributed by atoms with van der Waals surface area (Å²) in [7, 11) is 1.80. The second-order valence-corrected chi connectivity index (χ2v) is 4.01. The van der Waals surface area contributed by atoms with Crippen LogP contribution in [0, 0.1) is 0 Å². The van der Waals surface area contributed by atoms with Crippen molar-refractivity contribution in [3.63, 3.8) is 0 Å². The highest BCUT2D eigenvalue weighted by atomic mass is 19.3. The van der Waals surface area contributed by atoms with Gasteiger partial charge in [-0.1, -0.05) is 17.3 Å². The molecule has 19 heavy (non-hydrogen) atoms. The third-order valence-corrected chi connectivity index (χ3v) is 2.43. The van der Waals surface area contributed by atoms with Crippen molar-refractivity contribution in [3.05, 3.63) is 41.7 Å². The first kappa shape index (κ1) is 13.4. The molecule has 0 bridgehead atoms. The topological polar surface area (TPSA) is 52.0 Å². The second kappa shape index (κ2) is 6.24. The normalized spacial score (nSPS) is 10.9. The monoisotopic (exact) mass is 268 g/mol. The van der Waals surface area contributed by atoms with E-state index in [0.29, 0.717) is 13.1 Å². The summed E-state index contributed by atoms with van der Waals surface area (Å²) in [6.07, 6.45) is 1.83. The molecule has 1 aromatic heterocycles. The van der Waals surface area contributed by atoms with E-state index in [1.54, 1.807) is 23.9 Å². The second-order valence-electron chi connectivity index (χ2n) is 4.01. The van der Waals surface area contributed by atoms with Crippen molar-refractivity contribution in [1.82, 2.24) is 20.3 Å². The Morgan fingerprint density at radius 1 is 1.26 bits per heavy atom. The van der Waals surface area contributed by atoms with Gasteiger partial charge < -0.3 is 10.1 Å². The van der Waals surface area contributed by atoms with Crippen LogP contribution in [0.1, 0.15) is 11.3 Å². The summed E-state index contributed by atoms with van der Waals surface area (Å²) in [6.45, 7) is -1.57. The molecule has 0 atom stereocenters. The first-order valence-electron chi connectivity index (χ1n) is 5.73. The smallest absolute Gasteiger partial charge is 0.387 e. The van der Waals surface area contributed by atoms with E-state index in [9.17, 15) is 8.78 Å². The minimum atomic E-state index is -2.79. The van der Waals surface area contributed by atoms with Gasteiger partial charge in [-0.2, -0.15) is 8.78 Å². The lowest BCUT2D eigenvalue weighted by atomic mass is 10.2. The van der Waals surface area contributed by atoms with Crippen LogP contribution in [0.2, 0.25) is 0 Å². The summed E-state index contributed by atoms with van der Waals surface area (Å²) in [5, 5.41) is 10.9. The van der Waals surface area contributed by atoms with Gasteiger partial charge in [0, 0.05) is 26.3 Å². The third-order valence-electron chi connectivity index (χ3n) is 2.43. The predicted octanol–water partition coefficient (Wildman–Crippen LogP) is 1.71. The fourth-order valence-electron chi connectivity index (χ4n) is 1.60. The SMILES string of the molecule is Cn1cc(CNCc2ccc(OC(F)F)cc2)nn1. The minimum Gasteiger partial charge on any atom is -0.435 e.